The molecule has 0 spiro atoms. The van der Waals surface area contributed by atoms with Crippen LogP contribution in [-0.4, -0.2) is 23.0 Å². The zero-order chi connectivity index (χ0) is 27.9. The van der Waals surface area contributed by atoms with E-state index < -0.39 is 0 Å². The molecule has 2 aromatic rings. The van der Waals surface area contributed by atoms with Crippen molar-refractivity contribution in [2.45, 2.75) is 76.7 Å². The summed E-state index contributed by atoms with van der Waals surface area (Å²) in [7, 11) is 0. The molecule has 0 saturated carbocycles. The molecule has 2 aromatic carbocycles. The van der Waals surface area contributed by atoms with Gasteiger partial charge in [-0.2, -0.15) is 0 Å². The van der Waals surface area contributed by atoms with Crippen LogP contribution in [0.2, 0.25) is 0 Å². The molecule has 3 bridgehead atoms. The van der Waals surface area contributed by atoms with Crippen LogP contribution in [0.15, 0.2) is 92.6 Å². The van der Waals surface area contributed by atoms with E-state index in [2.05, 4.69) is 105 Å². The average Bonchev–Trinajstić information content (AvgIpc) is 3.00. The number of hydrogen-bond donors (Lipinski definition) is 1. The van der Waals surface area contributed by atoms with Crippen molar-refractivity contribution in [1.82, 2.24) is 0 Å². The molecule has 2 nitrogen and oxygen atoms in total. The van der Waals surface area contributed by atoms with Gasteiger partial charge < -0.3 is 5.41 Å². The maximum absolute atomic E-state index is 8.90. The van der Waals surface area contributed by atoms with Crippen molar-refractivity contribution in [3.05, 3.63) is 104 Å². The molecule has 1 N–H and O–H groups in total. The minimum atomic E-state index is -0.313. The van der Waals surface area contributed by atoms with Gasteiger partial charge in [0.05, 0.1) is 17.0 Å². The lowest BCUT2D eigenvalue weighted by atomic mass is 9.51. The fourth-order valence-corrected chi connectivity index (χ4v) is 13.7. The number of fused-ring (bicyclic) bond motifs is 4. The van der Waals surface area contributed by atoms with Gasteiger partial charge in [-0.15, -0.1) is 0 Å². The molecular weight excluding hydrogens is 714 g/mol. The smallest absolute Gasteiger partial charge is 0.0815 e. The van der Waals surface area contributed by atoms with E-state index in [0.29, 0.717) is 5.71 Å². The van der Waals surface area contributed by atoms with Crippen LogP contribution in [0.1, 0.15) is 82.4 Å². The molecule has 0 fully saturated rings. The lowest BCUT2D eigenvalue weighted by Crippen LogP contribution is -2.57. The molecule has 0 radical (unpaired) electrons. The molecule has 0 saturated heterocycles. The number of benzene rings is 2. The topological polar surface area (TPSA) is 36.2 Å². The summed E-state index contributed by atoms with van der Waals surface area (Å²) >= 11 is -0.0395. The zero-order valence-electron chi connectivity index (χ0n) is 23.9. The molecule has 2 aliphatic carbocycles. The van der Waals surface area contributed by atoms with Crippen LogP contribution in [0.25, 0.3) is 11.1 Å². The summed E-state index contributed by atoms with van der Waals surface area (Å²) in [4.78, 5) is 5.91. The molecule has 6 rings (SSSR count). The molecular formula is C36H38I2N2. The second-order valence-electron chi connectivity index (χ2n) is 11.3. The summed E-state index contributed by atoms with van der Waals surface area (Å²) < 4.78 is 7.80. The maximum atomic E-state index is 8.90. The van der Waals surface area contributed by atoms with Gasteiger partial charge in [-0.3, -0.25) is 4.99 Å². The highest BCUT2D eigenvalue weighted by atomic mass is 127. The van der Waals surface area contributed by atoms with E-state index in [1.165, 1.54) is 45.4 Å². The Labute approximate surface area is 259 Å². The summed E-state index contributed by atoms with van der Waals surface area (Å²) in [5.41, 5.74) is 11.7. The van der Waals surface area contributed by atoms with Crippen LogP contribution >= 0.6 is 41.5 Å². The normalized spacial score (nSPS) is 27.6. The van der Waals surface area contributed by atoms with Crippen molar-refractivity contribution < 1.29 is 0 Å². The molecule has 4 heteroatoms. The lowest BCUT2D eigenvalue weighted by Gasteiger charge is -2.56. The number of allylic oxidation sites excluding steroid dienone is 6. The Balaban J connectivity index is 1.63. The largest absolute Gasteiger partial charge is 0.300 e. The summed E-state index contributed by atoms with van der Waals surface area (Å²) in [5, 5.41) is 8.90. The standard InChI is InChI=1S/C36H38I2N2/c1-5-8-11-25-14-15-27(33(39)18-25)20-34-30-17-16-26-19-31(30)24(4)36(7-3,40-34)35(6-2,28-21-37-23-38-22-28)32-13-10-9-12-29(26)32/h9-10,12-24,39H,5-8,11H2,1-4H3/b27-20-,39-33?/t24-,35?,36?/m0/s1. The van der Waals surface area contributed by atoms with E-state index in [1.807, 2.05) is 0 Å². The maximum Gasteiger partial charge on any atom is 0.0815 e. The van der Waals surface area contributed by atoms with Crippen molar-refractivity contribution in [2.24, 2.45) is 4.99 Å². The summed E-state index contributed by atoms with van der Waals surface area (Å²) in [6.07, 6.45) is 14.0. The number of unbranched alkanes of at least 4 members (excludes halogenated alkanes) is 1. The van der Waals surface area contributed by atoms with E-state index >= 15 is 0 Å². The van der Waals surface area contributed by atoms with Crippen LogP contribution < -0.4 is 0 Å². The number of nitrogens with one attached hydrogen (secondary N) is 1. The fraction of sp³-hybridized carbons (Fsp3) is 0.333. The highest BCUT2D eigenvalue weighted by molar-refractivity contribution is 14.3. The fourth-order valence-electron chi connectivity index (χ4n) is 7.49. The molecule has 0 aromatic heterocycles. The molecule has 4 aliphatic rings. The van der Waals surface area contributed by atoms with Gasteiger partial charge in [-0.05, 0) is 79.3 Å². The Morgan fingerprint density at radius 2 is 1.85 bits per heavy atom. The zero-order valence-corrected chi connectivity index (χ0v) is 28.2. The van der Waals surface area contributed by atoms with Gasteiger partial charge in [0.2, 0.25) is 0 Å². The molecule has 40 heavy (non-hydrogen) atoms. The predicted molar refractivity (Wildman–Crippen MR) is 193 cm³/mol. The van der Waals surface area contributed by atoms with Crippen LogP contribution in [0, 0.1) is 5.41 Å². The molecule has 2 aliphatic heterocycles. The summed E-state index contributed by atoms with van der Waals surface area (Å²) in [5.74, 6) is 0.279. The monoisotopic (exact) mass is 752 g/mol. The van der Waals surface area contributed by atoms with E-state index in [0.717, 1.165) is 37.0 Å². The molecule has 206 valence electrons. The summed E-state index contributed by atoms with van der Waals surface area (Å²) in [6.45, 7) is 9.41. The van der Waals surface area contributed by atoms with E-state index in [-0.39, 0.29) is 58.3 Å². The van der Waals surface area contributed by atoms with E-state index in [4.69, 9.17) is 10.4 Å². The summed E-state index contributed by atoms with van der Waals surface area (Å²) in [6, 6.07) is 16.2. The van der Waals surface area contributed by atoms with Gasteiger partial charge in [0.25, 0.3) is 0 Å². The SMILES string of the molecule is CCCCC1=CC(=N)/C(=C\C2=NC3(CC)[C@@H](C)c4cc(ccc42)-c2ccccc2C3(CC)C2=CI=CI=C2)C=C1. The quantitative estimate of drug-likeness (QED) is 0.274. The average molecular weight is 753 g/mol. The van der Waals surface area contributed by atoms with Crippen LogP contribution in [0.3, 0.4) is 0 Å². The van der Waals surface area contributed by atoms with Gasteiger partial charge in [0.15, 0.2) is 0 Å². The van der Waals surface area contributed by atoms with Crippen molar-refractivity contribution >= 4 is 58.9 Å². The second kappa shape index (κ2) is 11.3. The number of aliphatic imine (C=N–C) groups is 1. The molecule has 3 atom stereocenters. The van der Waals surface area contributed by atoms with Crippen LogP contribution in [0.4, 0.5) is 0 Å². The second-order valence-corrected chi connectivity index (χ2v) is 17.6. The third-order valence-corrected chi connectivity index (χ3v) is 15.8. The van der Waals surface area contributed by atoms with E-state index in [1.54, 1.807) is 0 Å². The number of nitrogens with zero attached hydrogens (tertiary/aromatic N) is 1. The minimum absolute atomic E-state index is 0.0197. The van der Waals surface area contributed by atoms with E-state index in [9.17, 15) is 0 Å². The van der Waals surface area contributed by atoms with Crippen LogP contribution in [-0.2, 0) is 5.41 Å². The lowest BCUT2D eigenvalue weighted by molar-refractivity contribution is 0.206. The van der Waals surface area contributed by atoms with Gasteiger partial charge in [0, 0.05) is 24.5 Å². The molecule has 0 amide bonds. The molecule has 2 unspecified atom stereocenters. The molecule has 2 heterocycles. The van der Waals surface area contributed by atoms with Gasteiger partial charge >= 0.3 is 0 Å². The van der Waals surface area contributed by atoms with Crippen molar-refractivity contribution in [3.63, 3.8) is 0 Å². The Hall–Kier alpha value is -2.06. The van der Waals surface area contributed by atoms with Gasteiger partial charge in [-0.1, -0.05) is 130 Å². The minimum Gasteiger partial charge on any atom is -0.300 e. The third kappa shape index (κ3) is 4.31. The van der Waals surface area contributed by atoms with Gasteiger partial charge in [-0.25, -0.2) is 0 Å². The Morgan fingerprint density at radius 1 is 1.00 bits per heavy atom. The highest BCUT2D eigenvalue weighted by Crippen LogP contribution is 2.60. The van der Waals surface area contributed by atoms with Crippen molar-refractivity contribution in [2.75, 3.05) is 0 Å². The van der Waals surface area contributed by atoms with Crippen LogP contribution in [0.5, 0.6) is 0 Å². The first-order valence-corrected chi connectivity index (χ1v) is 19.6. The third-order valence-electron chi connectivity index (χ3n) is 9.51. The Bertz CT molecular complexity index is 1600. The van der Waals surface area contributed by atoms with Gasteiger partial charge in [0.1, 0.15) is 0 Å². The Kier molecular flexibility index (Phi) is 7.94. The highest BCUT2D eigenvalue weighted by Gasteiger charge is 2.58. The number of rotatable bonds is 7. The predicted octanol–water partition coefficient (Wildman–Crippen LogP) is 10.1. The van der Waals surface area contributed by atoms with Crippen molar-refractivity contribution in [1.29, 1.82) is 5.41 Å². The first kappa shape index (κ1) is 28.1. The number of hydrogen-bond acceptors (Lipinski definition) is 2. The van der Waals surface area contributed by atoms with Crippen molar-refractivity contribution in [3.8, 4) is 11.1 Å². The Morgan fingerprint density at radius 3 is 2.58 bits per heavy atom. The first-order chi connectivity index (χ1) is 19.5. The first-order valence-electron chi connectivity index (χ1n) is 14.6. The number of halogens is 2.